The number of carbonyl (C=O) groups excluding carboxylic acids is 1. The molecule has 0 amide bonds. The van der Waals surface area contributed by atoms with Crippen molar-refractivity contribution >= 4 is 28.6 Å². The van der Waals surface area contributed by atoms with Crippen molar-refractivity contribution in [2.24, 2.45) is 0 Å². The number of halogens is 1. The van der Waals surface area contributed by atoms with E-state index < -0.39 is 0 Å². The first-order chi connectivity index (χ1) is 8.15. The first-order valence-electron chi connectivity index (χ1n) is 5.19. The zero-order valence-corrected chi connectivity index (χ0v) is 11.5. The number of ether oxygens (including phenoxy) is 1. The molecule has 0 atom stereocenters. The van der Waals surface area contributed by atoms with Crippen LogP contribution < -0.4 is 4.74 Å². The summed E-state index contributed by atoms with van der Waals surface area (Å²) in [5, 5.41) is 0. The Bertz CT molecular complexity index is 515. The maximum absolute atomic E-state index is 11.8. The molecule has 0 bridgehead atoms. The van der Waals surface area contributed by atoms with Crippen LogP contribution >= 0.6 is 22.6 Å². The molecule has 2 aromatic carbocycles. The second-order valence-electron chi connectivity index (χ2n) is 3.71. The van der Waals surface area contributed by atoms with Gasteiger partial charge < -0.3 is 4.74 Å². The topological polar surface area (TPSA) is 26.3 Å². The van der Waals surface area contributed by atoms with Crippen LogP contribution in [0.15, 0.2) is 48.5 Å². The van der Waals surface area contributed by atoms with Gasteiger partial charge >= 0.3 is 5.97 Å². The Morgan fingerprint density at radius 1 is 1.00 bits per heavy atom. The van der Waals surface area contributed by atoms with Crippen molar-refractivity contribution in [3.05, 3.63) is 63.2 Å². The fourth-order valence-electron chi connectivity index (χ4n) is 1.36. The number of esters is 1. The summed E-state index contributed by atoms with van der Waals surface area (Å²) < 4.78 is 6.36. The fraction of sp³-hybridized carbons (Fsp3) is 0.0714. The van der Waals surface area contributed by atoms with Gasteiger partial charge in [-0.25, -0.2) is 4.79 Å². The third-order valence-electron chi connectivity index (χ3n) is 2.31. The van der Waals surface area contributed by atoms with Gasteiger partial charge in [-0.1, -0.05) is 17.7 Å². The van der Waals surface area contributed by atoms with E-state index in [4.69, 9.17) is 4.74 Å². The molecule has 17 heavy (non-hydrogen) atoms. The zero-order chi connectivity index (χ0) is 12.3. The first-order valence-corrected chi connectivity index (χ1v) is 6.27. The van der Waals surface area contributed by atoms with Crippen LogP contribution in [0.1, 0.15) is 15.9 Å². The van der Waals surface area contributed by atoms with E-state index in [1.54, 1.807) is 24.3 Å². The van der Waals surface area contributed by atoms with E-state index in [1.165, 1.54) is 0 Å². The van der Waals surface area contributed by atoms with E-state index in [-0.39, 0.29) is 5.97 Å². The molecule has 2 aromatic rings. The van der Waals surface area contributed by atoms with Crippen LogP contribution in [0.2, 0.25) is 0 Å². The number of benzene rings is 2. The molecule has 0 aromatic heterocycles. The molecule has 0 saturated carbocycles. The predicted molar refractivity (Wildman–Crippen MR) is 75.3 cm³/mol. The molecule has 0 saturated heterocycles. The normalized spacial score (nSPS) is 10.0. The lowest BCUT2D eigenvalue weighted by Gasteiger charge is -2.04. The molecule has 0 unspecified atom stereocenters. The monoisotopic (exact) mass is 338 g/mol. The SMILES string of the molecule is Cc1ccc(C(=O)Oc2ccc(I)cc2)cc1. The second-order valence-corrected chi connectivity index (χ2v) is 4.96. The number of aryl methyl sites for hydroxylation is 1. The van der Waals surface area contributed by atoms with E-state index in [2.05, 4.69) is 22.6 Å². The highest BCUT2D eigenvalue weighted by Gasteiger charge is 2.07. The maximum atomic E-state index is 11.8. The molecule has 0 N–H and O–H groups in total. The third kappa shape index (κ3) is 3.30. The molecule has 0 aliphatic rings. The summed E-state index contributed by atoms with van der Waals surface area (Å²) in [6.45, 7) is 1.98. The van der Waals surface area contributed by atoms with Crippen molar-refractivity contribution in [3.63, 3.8) is 0 Å². The standard InChI is InChI=1S/C14H11IO2/c1-10-2-4-11(5-3-10)14(16)17-13-8-6-12(15)7-9-13/h2-9H,1H3. The van der Waals surface area contributed by atoms with Crippen molar-refractivity contribution in [2.45, 2.75) is 6.92 Å². The van der Waals surface area contributed by atoms with Gasteiger partial charge in [-0.05, 0) is 65.9 Å². The Labute approximate surface area is 114 Å². The van der Waals surface area contributed by atoms with Crippen LogP contribution in [0.4, 0.5) is 0 Å². The van der Waals surface area contributed by atoms with Crippen LogP contribution in [0.5, 0.6) is 5.75 Å². The highest BCUT2D eigenvalue weighted by Crippen LogP contribution is 2.15. The van der Waals surface area contributed by atoms with Crippen LogP contribution in [-0.2, 0) is 0 Å². The van der Waals surface area contributed by atoms with Crippen molar-refractivity contribution in [2.75, 3.05) is 0 Å². The summed E-state index contributed by atoms with van der Waals surface area (Å²) in [6, 6.07) is 14.7. The van der Waals surface area contributed by atoms with Gasteiger partial charge in [0.25, 0.3) is 0 Å². The summed E-state index contributed by atoms with van der Waals surface area (Å²) >= 11 is 2.20. The molecular formula is C14H11IO2. The number of carbonyl (C=O) groups is 1. The van der Waals surface area contributed by atoms with E-state index in [1.807, 2.05) is 31.2 Å². The van der Waals surface area contributed by atoms with Gasteiger partial charge in [0.05, 0.1) is 5.56 Å². The van der Waals surface area contributed by atoms with Gasteiger partial charge in [0.2, 0.25) is 0 Å². The molecule has 3 heteroatoms. The minimum Gasteiger partial charge on any atom is -0.423 e. The molecule has 0 radical (unpaired) electrons. The Morgan fingerprint density at radius 2 is 1.59 bits per heavy atom. The quantitative estimate of drug-likeness (QED) is 0.473. The van der Waals surface area contributed by atoms with Crippen molar-refractivity contribution in [3.8, 4) is 5.75 Å². The minimum atomic E-state index is -0.328. The Kier molecular flexibility index (Phi) is 3.78. The molecule has 2 nitrogen and oxygen atoms in total. The van der Waals surface area contributed by atoms with E-state index >= 15 is 0 Å². The highest BCUT2D eigenvalue weighted by molar-refractivity contribution is 14.1. The minimum absolute atomic E-state index is 0.328. The number of hydrogen-bond acceptors (Lipinski definition) is 2. The van der Waals surface area contributed by atoms with Crippen LogP contribution in [0, 0.1) is 10.5 Å². The molecule has 0 aliphatic heterocycles. The summed E-state index contributed by atoms with van der Waals surface area (Å²) in [4.78, 5) is 11.8. The van der Waals surface area contributed by atoms with Crippen LogP contribution in [0.25, 0.3) is 0 Å². The van der Waals surface area contributed by atoms with E-state index in [0.717, 1.165) is 9.13 Å². The molecule has 0 spiro atoms. The summed E-state index contributed by atoms with van der Waals surface area (Å²) in [7, 11) is 0. The van der Waals surface area contributed by atoms with E-state index in [9.17, 15) is 4.79 Å². The lowest BCUT2D eigenvalue weighted by Crippen LogP contribution is -2.08. The van der Waals surface area contributed by atoms with Gasteiger partial charge in [0.1, 0.15) is 5.75 Å². The number of rotatable bonds is 2. The predicted octanol–water partition coefficient (Wildman–Crippen LogP) is 3.82. The molecule has 0 aliphatic carbocycles. The lowest BCUT2D eigenvalue weighted by molar-refractivity contribution is 0.0735. The van der Waals surface area contributed by atoms with Gasteiger partial charge in [0.15, 0.2) is 0 Å². The van der Waals surface area contributed by atoms with Crippen molar-refractivity contribution in [1.29, 1.82) is 0 Å². The average Bonchev–Trinajstić information content (AvgIpc) is 2.33. The molecule has 86 valence electrons. The van der Waals surface area contributed by atoms with Crippen LogP contribution in [0.3, 0.4) is 0 Å². The molecule has 0 fully saturated rings. The van der Waals surface area contributed by atoms with Gasteiger partial charge in [-0.15, -0.1) is 0 Å². The van der Waals surface area contributed by atoms with E-state index in [0.29, 0.717) is 11.3 Å². The van der Waals surface area contributed by atoms with Gasteiger partial charge in [-0.2, -0.15) is 0 Å². The lowest BCUT2D eigenvalue weighted by atomic mass is 10.1. The molecule has 0 heterocycles. The Hall–Kier alpha value is -1.36. The number of hydrogen-bond donors (Lipinski definition) is 0. The summed E-state index contributed by atoms with van der Waals surface area (Å²) in [6.07, 6.45) is 0. The molecule has 2 rings (SSSR count). The Morgan fingerprint density at radius 3 is 2.18 bits per heavy atom. The largest absolute Gasteiger partial charge is 0.423 e. The first kappa shape index (κ1) is 12.1. The summed E-state index contributed by atoms with van der Waals surface area (Å²) in [5.41, 5.74) is 1.69. The fourth-order valence-corrected chi connectivity index (χ4v) is 1.72. The smallest absolute Gasteiger partial charge is 0.343 e. The average molecular weight is 338 g/mol. The van der Waals surface area contributed by atoms with Crippen LogP contribution in [-0.4, -0.2) is 5.97 Å². The molecular weight excluding hydrogens is 327 g/mol. The van der Waals surface area contributed by atoms with Gasteiger partial charge in [-0.3, -0.25) is 0 Å². The maximum Gasteiger partial charge on any atom is 0.343 e. The Balaban J connectivity index is 2.11. The highest BCUT2D eigenvalue weighted by atomic mass is 127. The van der Waals surface area contributed by atoms with Crippen molar-refractivity contribution < 1.29 is 9.53 Å². The second kappa shape index (κ2) is 5.31. The summed E-state index contributed by atoms with van der Waals surface area (Å²) in [5.74, 6) is 0.238. The van der Waals surface area contributed by atoms with Gasteiger partial charge in [0, 0.05) is 3.57 Å². The van der Waals surface area contributed by atoms with Crippen molar-refractivity contribution in [1.82, 2.24) is 0 Å². The zero-order valence-electron chi connectivity index (χ0n) is 9.31. The third-order valence-corrected chi connectivity index (χ3v) is 3.03.